The molecule has 7 heteroatoms. The van der Waals surface area contributed by atoms with E-state index < -0.39 is 11.9 Å². The fourth-order valence-corrected chi connectivity index (χ4v) is 5.34. The first kappa shape index (κ1) is 23.3. The number of carbonyl (C=O) groups excluding carboxylic acids is 2. The minimum absolute atomic E-state index is 0.108. The molecule has 3 aromatic rings. The van der Waals surface area contributed by atoms with Crippen LogP contribution < -0.4 is 10.1 Å². The molecule has 0 saturated heterocycles. The van der Waals surface area contributed by atoms with Crippen molar-refractivity contribution in [2.75, 3.05) is 7.11 Å². The van der Waals surface area contributed by atoms with Gasteiger partial charge in [-0.05, 0) is 64.9 Å². The summed E-state index contributed by atoms with van der Waals surface area (Å²) in [6.07, 6.45) is 0. The monoisotopic (exact) mass is 581 g/mol. The van der Waals surface area contributed by atoms with Crippen molar-refractivity contribution in [1.82, 2.24) is 5.32 Å². The molecule has 0 spiro atoms. The van der Waals surface area contributed by atoms with Gasteiger partial charge in [0.1, 0.15) is 18.2 Å². The summed E-state index contributed by atoms with van der Waals surface area (Å²) in [5, 5.41) is 3.28. The molecule has 0 radical (unpaired) electrons. The average Bonchev–Trinajstić information content (AvgIpc) is 3.13. The molecular weight excluding hydrogens is 560 g/mol. The number of nitrogens with one attached hydrogen (secondary N) is 1. The fourth-order valence-electron chi connectivity index (χ4n) is 4.64. The van der Waals surface area contributed by atoms with Gasteiger partial charge in [-0.15, -0.1) is 0 Å². The smallest absolute Gasteiger partial charge is 0.336 e. The van der Waals surface area contributed by atoms with Crippen molar-refractivity contribution in [2.24, 2.45) is 0 Å². The van der Waals surface area contributed by atoms with Crippen molar-refractivity contribution in [3.8, 4) is 5.75 Å². The number of rotatable bonds is 5. The summed E-state index contributed by atoms with van der Waals surface area (Å²) >= 11 is 2.17. The second kappa shape index (κ2) is 9.30. The summed E-state index contributed by atoms with van der Waals surface area (Å²) in [7, 11) is 1.34. The highest BCUT2D eigenvalue weighted by atomic mass is 127. The van der Waals surface area contributed by atoms with Gasteiger partial charge in [0.05, 0.1) is 22.0 Å². The lowest BCUT2D eigenvalue weighted by atomic mass is 9.80. The first-order valence-electron chi connectivity index (χ1n) is 11.0. The maximum absolute atomic E-state index is 13.5. The Balaban J connectivity index is 1.54. The summed E-state index contributed by atoms with van der Waals surface area (Å²) in [5.74, 6) is -0.876. The molecule has 176 valence electrons. The minimum atomic E-state index is -0.593. The zero-order chi connectivity index (χ0) is 24.7. The summed E-state index contributed by atoms with van der Waals surface area (Å²) in [5.41, 5.74) is 5.23. The van der Waals surface area contributed by atoms with Crippen LogP contribution in [0.3, 0.4) is 0 Å². The minimum Gasteiger partial charge on any atom is -0.488 e. The topological polar surface area (TPSA) is 64.6 Å². The van der Waals surface area contributed by atoms with Crippen molar-refractivity contribution >= 4 is 40.0 Å². The van der Waals surface area contributed by atoms with E-state index in [0.29, 0.717) is 28.2 Å². The van der Waals surface area contributed by atoms with Gasteiger partial charge in [-0.25, -0.2) is 9.18 Å². The van der Waals surface area contributed by atoms with Crippen LogP contribution in [0.2, 0.25) is 0 Å². The lowest BCUT2D eigenvalue weighted by Gasteiger charge is -2.29. The summed E-state index contributed by atoms with van der Waals surface area (Å²) in [6, 6.07) is 19.3. The average molecular weight is 581 g/mol. The van der Waals surface area contributed by atoms with E-state index in [2.05, 4.69) is 27.9 Å². The van der Waals surface area contributed by atoms with Crippen molar-refractivity contribution in [3.05, 3.63) is 115 Å². The van der Waals surface area contributed by atoms with E-state index in [1.54, 1.807) is 18.2 Å². The van der Waals surface area contributed by atoms with Gasteiger partial charge in [-0.1, -0.05) is 42.5 Å². The number of methoxy groups -OCH3 is 1. The fraction of sp³-hybridized carbons (Fsp3) is 0.143. The van der Waals surface area contributed by atoms with E-state index in [0.717, 1.165) is 26.0 Å². The molecule has 5 nitrogen and oxygen atoms in total. The lowest BCUT2D eigenvalue weighted by Crippen LogP contribution is -2.29. The number of fused-ring (bicyclic) bond motifs is 2. The van der Waals surface area contributed by atoms with Crippen molar-refractivity contribution in [1.29, 1.82) is 0 Å². The lowest BCUT2D eigenvalue weighted by molar-refractivity contribution is -0.136. The number of benzene rings is 3. The van der Waals surface area contributed by atoms with Gasteiger partial charge < -0.3 is 14.8 Å². The largest absolute Gasteiger partial charge is 0.488 e. The normalized spacial score (nSPS) is 16.6. The Morgan fingerprint density at radius 1 is 1.06 bits per heavy atom. The van der Waals surface area contributed by atoms with E-state index in [1.165, 1.54) is 19.2 Å². The maximum Gasteiger partial charge on any atom is 0.336 e. The number of esters is 1. The number of carbonyl (C=O) groups is 2. The number of hydrogen-bond acceptors (Lipinski definition) is 5. The third kappa shape index (κ3) is 4.14. The zero-order valence-electron chi connectivity index (χ0n) is 19.0. The number of hydrogen-bond donors (Lipinski definition) is 1. The molecule has 35 heavy (non-hydrogen) atoms. The molecule has 0 fully saturated rings. The highest BCUT2D eigenvalue weighted by Gasteiger charge is 2.42. The van der Waals surface area contributed by atoms with Crippen molar-refractivity contribution < 1.29 is 23.5 Å². The molecule has 3 aromatic carbocycles. The molecule has 1 atom stereocenters. The molecule has 0 unspecified atom stereocenters. The molecule has 0 saturated carbocycles. The predicted molar refractivity (Wildman–Crippen MR) is 138 cm³/mol. The molecule has 1 aliphatic carbocycles. The van der Waals surface area contributed by atoms with Crippen LogP contribution in [0.25, 0.3) is 5.70 Å². The third-order valence-electron chi connectivity index (χ3n) is 6.23. The molecule has 1 aliphatic heterocycles. The van der Waals surface area contributed by atoms with Crippen LogP contribution in [0.4, 0.5) is 4.39 Å². The Labute approximate surface area is 215 Å². The summed E-state index contributed by atoms with van der Waals surface area (Å²) < 4.78 is 25.3. The number of ketones is 1. The Morgan fingerprint density at radius 2 is 1.83 bits per heavy atom. The van der Waals surface area contributed by atoms with Crippen LogP contribution >= 0.6 is 22.6 Å². The quantitative estimate of drug-likeness (QED) is 0.307. The first-order valence-corrected chi connectivity index (χ1v) is 12.1. The van der Waals surface area contributed by atoms with E-state index in [-0.39, 0.29) is 18.2 Å². The Hall–Kier alpha value is -3.46. The van der Waals surface area contributed by atoms with Crippen molar-refractivity contribution in [2.45, 2.75) is 19.4 Å². The zero-order valence-corrected chi connectivity index (χ0v) is 21.2. The van der Waals surface area contributed by atoms with E-state index in [1.807, 2.05) is 43.3 Å². The third-order valence-corrected chi connectivity index (χ3v) is 7.07. The highest BCUT2D eigenvalue weighted by Crippen LogP contribution is 2.47. The number of ether oxygens (including phenoxy) is 2. The first-order chi connectivity index (χ1) is 16.9. The summed E-state index contributed by atoms with van der Waals surface area (Å²) in [6.45, 7) is 2.03. The van der Waals surface area contributed by atoms with Gasteiger partial charge in [0.2, 0.25) is 0 Å². The van der Waals surface area contributed by atoms with Gasteiger partial charge in [-0.2, -0.15) is 0 Å². The van der Waals surface area contributed by atoms with Gasteiger partial charge in [0.25, 0.3) is 0 Å². The van der Waals surface area contributed by atoms with Gasteiger partial charge in [0, 0.05) is 28.3 Å². The Kier molecular flexibility index (Phi) is 6.19. The molecule has 1 heterocycles. The maximum atomic E-state index is 13.5. The second-order valence-corrected chi connectivity index (χ2v) is 9.52. The molecule has 1 N–H and O–H groups in total. The Bertz CT molecular complexity index is 1440. The molecule has 0 amide bonds. The van der Waals surface area contributed by atoms with Crippen LogP contribution in [-0.4, -0.2) is 18.9 Å². The molecule has 0 bridgehead atoms. The number of allylic oxidation sites excluding steroid dienone is 2. The van der Waals surface area contributed by atoms with Crippen LogP contribution in [0.15, 0.2) is 83.6 Å². The molecule has 5 rings (SSSR count). The molecule has 0 aromatic heterocycles. The van der Waals surface area contributed by atoms with Gasteiger partial charge in [0.15, 0.2) is 5.78 Å². The van der Waals surface area contributed by atoms with Crippen LogP contribution in [0.5, 0.6) is 5.75 Å². The van der Waals surface area contributed by atoms with Gasteiger partial charge in [-0.3, -0.25) is 4.79 Å². The standard InChI is InChI=1S/C28H21FINO4/c1-15-23(28(33)34-2)24(25-26(31-15)19-8-3-4-9-20(19)27(25)32)17-10-11-22(21(30)13-17)35-14-16-6-5-7-18(29)12-16/h3-13,24,31H,14H2,1-2H3/t24-/m1/s1. The Morgan fingerprint density at radius 3 is 2.54 bits per heavy atom. The molecular formula is C28H21FINO4. The highest BCUT2D eigenvalue weighted by molar-refractivity contribution is 14.1. The van der Waals surface area contributed by atoms with E-state index in [4.69, 9.17) is 9.47 Å². The van der Waals surface area contributed by atoms with Crippen LogP contribution in [0, 0.1) is 9.39 Å². The molecule has 2 aliphatic rings. The predicted octanol–water partition coefficient (Wildman–Crippen LogP) is 5.75. The summed E-state index contributed by atoms with van der Waals surface area (Å²) in [4.78, 5) is 26.3. The number of halogens is 2. The number of dihydropyridines is 1. The van der Waals surface area contributed by atoms with Crippen molar-refractivity contribution in [3.63, 3.8) is 0 Å². The van der Waals surface area contributed by atoms with Gasteiger partial charge >= 0.3 is 5.97 Å². The van der Waals surface area contributed by atoms with Crippen LogP contribution in [-0.2, 0) is 16.1 Å². The van der Waals surface area contributed by atoms with E-state index in [9.17, 15) is 14.0 Å². The second-order valence-electron chi connectivity index (χ2n) is 8.36. The SMILES string of the molecule is COC(=O)C1=C(C)NC2=C(C(=O)c3ccccc32)[C@@H]1c1ccc(OCc2cccc(F)c2)c(I)c1. The number of Topliss-reactive ketones (excluding diaryl/α,β-unsaturated/α-hetero) is 1. The van der Waals surface area contributed by atoms with E-state index >= 15 is 0 Å². The van der Waals surface area contributed by atoms with Crippen LogP contribution in [0.1, 0.15) is 39.9 Å².